The van der Waals surface area contributed by atoms with Crippen LogP contribution in [0.2, 0.25) is 0 Å². The lowest BCUT2D eigenvalue weighted by atomic mass is 10.0. The van der Waals surface area contributed by atoms with Crippen molar-refractivity contribution in [3.63, 3.8) is 0 Å². The Kier molecular flexibility index (Phi) is 14.4. The number of rotatable bonds is 7. The summed E-state index contributed by atoms with van der Waals surface area (Å²) in [6, 6.07) is -2.33. The minimum Gasteiger partial charge on any atom is -0.458 e. The van der Waals surface area contributed by atoms with Gasteiger partial charge in [-0.1, -0.05) is 19.8 Å². The maximum Gasteiger partial charge on any atom is 0.573 e. The molecular weight excluding hydrogens is 841 g/mol. The first-order chi connectivity index (χ1) is 29.8. The number of nitrogens with zero attached hydrogens (tertiary/aromatic N) is 3. The van der Waals surface area contributed by atoms with Crippen molar-refractivity contribution in [2.24, 2.45) is 5.92 Å². The van der Waals surface area contributed by atoms with Gasteiger partial charge in [-0.2, -0.15) is 0 Å². The van der Waals surface area contributed by atoms with Crippen molar-refractivity contribution in [3.05, 3.63) is 59.7 Å². The zero-order valence-corrected chi connectivity index (χ0v) is 34.8. The zero-order valence-electron chi connectivity index (χ0n) is 34.8. The molecule has 16 nitrogen and oxygen atoms in total. The number of alkyl halides is 3. The molecule has 342 valence electrons. The van der Waals surface area contributed by atoms with E-state index >= 15 is 0 Å². The molecule has 0 saturated carbocycles. The molecule has 8 atom stereocenters. The van der Waals surface area contributed by atoms with Crippen molar-refractivity contribution in [1.82, 2.24) is 30.7 Å². The molecule has 4 aliphatic heterocycles. The van der Waals surface area contributed by atoms with Crippen molar-refractivity contribution in [2.45, 2.75) is 121 Å². The van der Waals surface area contributed by atoms with E-state index < -0.39 is 114 Å². The SMILES string of the molecule is C[C@H]1C[C@H]2C(=O)O[C@@H](C)[C@H](NC(=O)[C@H](Cc3cc(F)cc(F)c3)NC(=O)Nc3ccc(OC(F)(F)F)cc3)C(=O)N3CCC[C@H]3C(=O)N3CCCCC[C@H]3C(=O)N[C@@H](C)C(=O)N2C1. The van der Waals surface area contributed by atoms with Crippen LogP contribution >= 0.6 is 0 Å². The highest BCUT2D eigenvalue weighted by molar-refractivity contribution is 5.98. The fourth-order valence-corrected chi connectivity index (χ4v) is 8.64. The van der Waals surface area contributed by atoms with Crippen LogP contribution in [0.25, 0.3) is 0 Å². The van der Waals surface area contributed by atoms with Crippen LogP contribution in [0.4, 0.5) is 32.4 Å². The third-order valence-electron chi connectivity index (χ3n) is 11.6. The highest BCUT2D eigenvalue weighted by Crippen LogP contribution is 2.29. The number of hydrogen-bond acceptors (Lipinski definition) is 9. The van der Waals surface area contributed by atoms with Gasteiger partial charge in [0.1, 0.15) is 59.7 Å². The van der Waals surface area contributed by atoms with Gasteiger partial charge in [0.15, 0.2) is 0 Å². The highest BCUT2D eigenvalue weighted by atomic mass is 19.4. The number of urea groups is 1. The van der Waals surface area contributed by atoms with Gasteiger partial charge < -0.3 is 45.4 Å². The molecule has 0 aromatic heterocycles. The number of amides is 7. The van der Waals surface area contributed by atoms with E-state index in [0.29, 0.717) is 31.7 Å². The van der Waals surface area contributed by atoms with Crippen molar-refractivity contribution in [1.29, 1.82) is 0 Å². The maximum atomic E-state index is 14.8. The first-order valence-electron chi connectivity index (χ1n) is 20.9. The molecule has 0 radical (unpaired) electrons. The molecule has 6 rings (SSSR count). The summed E-state index contributed by atoms with van der Waals surface area (Å²) in [6.07, 6.45) is -4.01. The van der Waals surface area contributed by atoms with Crippen LogP contribution in [0.5, 0.6) is 5.75 Å². The Morgan fingerprint density at radius 1 is 0.825 bits per heavy atom. The molecule has 0 unspecified atom stereocenters. The molecule has 7 amide bonds. The predicted molar refractivity (Wildman–Crippen MR) is 212 cm³/mol. The summed E-state index contributed by atoms with van der Waals surface area (Å²) in [5.74, 6) is -7.21. The Morgan fingerprint density at radius 3 is 2.16 bits per heavy atom. The van der Waals surface area contributed by atoms with Gasteiger partial charge in [0.2, 0.25) is 29.5 Å². The molecule has 4 N–H and O–H groups in total. The number of benzene rings is 2. The lowest BCUT2D eigenvalue weighted by molar-refractivity contribution is -0.274. The van der Waals surface area contributed by atoms with Gasteiger partial charge in [-0.25, -0.2) is 18.4 Å². The first kappa shape index (κ1) is 46.5. The molecule has 4 saturated heterocycles. The van der Waals surface area contributed by atoms with Crippen molar-refractivity contribution in [3.8, 4) is 5.75 Å². The van der Waals surface area contributed by atoms with Gasteiger partial charge in [-0.05, 0) is 93.8 Å². The Bertz CT molecular complexity index is 2050. The molecule has 21 heteroatoms. The Morgan fingerprint density at radius 2 is 1.48 bits per heavy atom. The molecule has 0 aliphatic carbocycles. The average molecular weight is 892 g/mol. The molecule has 2 aromatic rings. The first-order valence-corrected chi connectivity index (χ1v) is 20.9. The van der Waals surface area contributed by atoms with Gasteiger partial charge in [0.05, 0.1) is 0 Å². The van der Waals surface area contributed by atoms with E-state index in [2.05, 4.69) is 26.0 Å². The van der Waals surface area contributed by atoms with E-state index in [1.807, 2.05) is 6.92 Å². The topological polar surface area (TPSA) is 196 Å². The summed E-state index contributed by atoms with van der Waals surface area (Å²) >= 11 is 0. The molecule has 2 aromatic carbocycles. The summed E-state index contributed by atoms with van der Waals surface area (Å²) < 4.78 is 76.5. The number of carbonyl (C=O) groups excluding carboxylic acids is 7. The second kappa shape index (κ2) is 19.6. The Labute approximate surface area is 359 Å². The van der Waals surface area contributed by atoms with Crippen molar-refractivity contribution < 1.29 is 65.0 Å². The zero-order chi connectivity index (χ0) is 45.7. The minimum absolute atomic E-state index is 0.0387. The lowest BCUT2D eigenvalue weighted by Gasteiger charge is -2.37. The second-order valence-electron chi connectivity index (χ2n) is 16.5. The van der Waals surface area contributed by atoms with E-state index in [9.17, 15) is 55.5 Å². The van der Waals surface area contributed by atoms with E-state index in [-0.39, 0.29) is 49.6 Å². The molecule has 0 bridgehead atoms. The quantitative estimate of drug-likeness (QED) is 0.238. The van der Waals surface area contributed by atoms with Crippen LogP contribution in [0.15, 0.2) is 42.5 Å². The number of anilines is 1. The Hall–Kier alpha value is -6.02. The second-order valence-corrected chi connectivity index (χ2v) is 16.5. The van der Waals surface area contributed by atoms with Crippen LogP contribution in [0, 0.1) is 17.6 Å². The molecule has 0 spiro atoms. The van der Waals surface area contributed by atoms with Gasteiger partial charge in [0.25, 0.3) is 0 Å². The number of hydrogen-bond donors (Lipinski definition) is 4. The molecule has 4 heterocycles. The predicted octanol–water partition coefficient (Wildman–Crippen LogP) is 3.53. The van der Waals surface area contributed by atoms with Gasteiger partial charge >= 0.3 is 18.4 Å². The van der Waals surface area contributed by atoms with Crippen molar-refractivity contribution >= 4 is 47.2 Å². The Balaban J connectivity index is 1.32. The van der Waals surface area contributed by atoms with Gasteiger partial charge in [-0.15, -0.1) is 13.2 Å². The largest absolute Gasteiger partial charge is 0.573 e. The number of fused-ring (bicyclic) bond motifs is 3. The summed E-state index contributed by atoms with van der Waals surface area (Å²) in [5.41, 5.74) is -0.135. The maximum absolute atomic E-state index is 14.8. The van der Waals surface area contributed by atoms with Crippen LogP contribution in [-0.4, -0.2) is 125 Å². The third kappa shape index (κ3) is 11.5. The number of halogens is 5. The number of cyclic esters (lactones) is 1. The summed E-state index contributed by atoms with van der Waals surface area (Å²) in [4.78, 5) is 103. The summed E-state index contributed by atoms with van der Waals surface area (Å²) in [6.45, 7) is 5.05. The molecule has 63 heavy (non-hydrogen) atoms. The number of nitrogens with one attached hydrogen (secondary N) is 4. The monoisotopic (exact) mass is 891 g/mol. The average Bonchev–Trinajstić information content (AvgIpc) is 3.78. The van der Waals surface area contributed by atoms with E-state index in [1.165, 1.54) is 28.5 Å². The summed E-state index contributed by atoms with van der Waals surface area (Å²) in [5, 5.41) is 10.0. The van der Waals surface area contributed by atoms with Crippen LogP contribution in [0.1, 0.15) is 71.3 Å². The minimum atomic E-state index is -4.97. The van der Waals surface area contributed by atoms with E-state index in [0.717, 1.165) is 42.8 Å². The van der Waals surface area contributed by atoms with Gasteiger partial charge in [0, 0.05) is 37.8 Å². The van der Waals surface area contributed by atoms with Crippen molar-refractivity contribution in [2.75, 3.05) is 25.0 Å². The van der Waals surface area contributed by atoms with E-state index in [1.54, 1.807) is 0 Å². The van der Waals surface area contributed by atoms with Crippen LogP contribution in [0.3, 0.4) is 0 Å². The highest BCUT2D eigenvalue weighted by Gasteiger charge is 2.47. The molecule has 4 fully saturated rings. The third-order valence-corrected chi connectivity index (χ3v) is 11.6. The smallest absolute Gasteiger partial charge is 0.458 e. The normalized spacial score (nSPS) is 26.7. The van der Waals surface area contributed by atoms with E-state index in [4.69, 9.17) is 4.74 Å². The fraction of sp³-hybridized carbons (Fsp3) is 0.548. The number of ether oxygens (including phenoxy) is 2. The lowest BCUT2D eigenvalue weighted by Crippen LogP contribution is -2.62. The van der Waals surface area contributed by atoms with Gasteiger partial charge in [-0.3, -0.25) is 24.0 Å². The molecule has 4 aliphatic rings. The van der Waals surface area contributed by atoms with Crippen LogP contribution in [-0.2, 0) is 39.9 Å². The van der Waals surface area contributed by atoms with Crippen LogP contribution < -0.4 is 26.0 Å². The summed E-state index contributed by atoms with van der Waals surface area (Å²) in [7, 11) is 0. The standard InChI is InChI=1S/C42H50F5N7O9/c1-22-16-33-40(60)62-24(3)34(39(59)53-15-7-9-32(53)38(58)52-14-6-4-5-8-31(52)36(56)48-23(2)37(57)54(33)21-22)51-35(55)30(19-25-17-26(43)20-27(44)18-25)50-41(61)49-28-10-12-29(13-11-28)63-42(45,46)47/h10-13,17-18,20,22-24,30-34H,4-9,14-16,19,21H2,1-3H3,(H,48,56)(H,51,55)(H2,49,50,61)/t22-,23-,24-,30-,31-,32-,33-,34-/m0/s1. The molecular formula is C42H50F5N7O9. The number of carbonyl (C=O) groups is 7. The fourth-order valence-electron chi connectivity index (χ4n) is 8.64. The number of esters is 1.